The van der Waals surface area contributed by atoms with Crippen molar-refractivity contribution in [1.29, 1.82) is 0 Å². The molecule has 0 saturated carbocycles. The van der Waals surface area contributed by atoms with Gasteiger partial charge in [0.1, 0.15) is 12.6 Å². The van der Waals surface area contributed by atoms with Crippen LogP contribution in [0.5, 0.6) is 0 Å². The Morgan fingerprint density at radius 3 is 2.81 bits per heavy atom. The van der Waals surface area contributed by atoms with E-state index in [0.29, 0.717) is 0 Å². The van der Waals surface area contributed by atoms with Gasteiger partial charge in [-0.1, -0.05) is 18.2 Å². The van der Waals surface area contributed by atoms with Crippen molar-refractivity contribution in [3.8, 4) is 0 Å². The molecule has 2 N–H and O–H groups in total. The third-order valence-electron chi connectivity index (χ3n) is 2.87. The van der Waals surface area contributed by atoms with Gasteiger partial charge in [0.15, 0.2) is 8.03 Å². The Morgan fingerprint density at radius 2 is 2.24 bits per heavy atom. The Labute approximate surface area is 124 Å². The largest absolute Gasteiger partial charge is 0.542 e. The van der Waals surface area contributed by atoms with Gasteiger partial charge < -0.3 is 19.6 Å². The van der Waals surface area contributed by atoms with Crippen LogP contribution < -0.4 is 5.32 Å². The molecule has 0 bridgehead atoms. The fourth-order valence-electron chi connectivity index (χ4n) is 1.77. The molecule has 7 nitrogen and oxygen atoms in total. The van der Waals surface area contributed by atoms with E-state index in [-0.39, 0.29) is 19.2 Å². The molecule has 0 saturated heterocycles. The molecular formula is C12H19BNO6P. The summed E-state index contributed by atoms with van der Waals surface area (Å²) in [5.41, 5.74) is 0.895. The number of rotatable bonds is 7. The molecule has 0 spiro atoms. The lowest BCUT2D eigenvalue weighted by Crippen LogP contribution is -2.42. The van der Waals surface area contributed by atoms with Gasteiger partial charge in [-0.3, -0.25) is 9.36 Å². The molecule has 0 aliphatic heterocycles. The van der Waals surface area contributed by atoms with Crippen LogP contribution in [0, 0.1) is 0 Å². The third-order valence-corrected chi connectivity index (χ3v) is 3.58. The van der Waals surface area contributed by atoms with Crippen molar-refractivity contribution in [2.45, 2.75) is 25.3 Å². The molecule has 0 heterocycles. The molecule has 1 aliphatic rings. The van der Waals surface area contributed by atoms with Crippen molar-refractivity contribution in [3.63, 3.8) is 0 Å². The molecule has 0 aromatic carbocycles. The topological polar surface area (TPSA) is 102 Å². The van der Waals surface area contributed by atoms with Crippen LogP contribution in [-0.4, -0.2) is 43.8 Å². The summed E-state index contributed by atoms with van der Waals surface area (Å²) in [5.74, 6) is -0.674. The minimum atomic E-state index is -2.70. The Bertz CT molecular complexity index is 465. The number of alkyl carbamates (subject to hydrolysis) is 1. The average Bonchev–Trinajstić information content (AvgIpc) is 2.49. The van der Waals surface area contributed by atoms with Crippen molar-refractivity contribution >= 4 is 28.1 Å². The van der Waals surface area contributed by atoms with E-state index in [2.05, 4.69) is 9.97 Å². The van der Waals surface area contributed by atoms with Gasteiger partial charge in [0.05, 0.1) is 0 Å². The highest BCUT2D eigenvalue weighted by Crippen LogP contribution is 2.15. The molecule has 1 rings (SSSR count). The summed E-state index contributed by atoms with van der Waals surface area (Å²) in [4.78, 5) is 31.9. The van der Waals surface area contributed by atoms with Gasteiger partial charge in [-0.25, -0.2) is 4.79 Å². The first-order valence-corrected chi connectivity index (χ1v) is 8.17. The van der Waals surface area contributed by atoms with Crippen molar-refractivity contribution in [3.05, 3.63) is 23.8 Å². The van der Waals surface area contributed by atoms with Crippen LogP contribution in [0.2, 0.25) is 0 Å². The van der Waals surface area contributed by atoms with Crippen LogP contribution in [0.25, 0.3) is 0 Å². The summed E-state index contributed by atoms with van der Waals surface area (Å²) in [7, 11) is -1.52. The number of hydrogen-bond acceptors (Lipinski definition) is 5. The van der Waals surface area contributed by atoms with Gasteiger partial charge in [-0.05, 0) is 24.8 Å². The number of amides is 1. The number of carbonyl (C=O) groups excluding carboxylic acids is 2. The van der Waals surface area contributed by atoms with Crippen LogP contribution in [0.4, 0.5) is 4.79 Å². The maximum absolute atomic E-state index is 11.6. The SMILES string of the molecule is BOC(=O)[C@H](CC[PH](=O)O)NC(=O)OCC1=CCCC=C1. The molecule has 116 valence electrons. The van der Waals surface area contributed by atoms with Crippen LogP contribution in [-0.2, 0) is 18.8 Å². The maximum Gasteiger partial charge on any atom is 0.408 e. The lowest BCUT2D eigenvalue weighted by Gasteiger charge is -2.16. The van der Waals surface area contributed by atoms with Crippen molar-refractivity contribution in [1.82, 2.24) is 5.32 Å². The van der Waals surface area contributed by atoms with Gasteiger partial charge in [-0.15, -0.1) is 0 Å². The van der Waals surface area contributed by atoms with E-state index >= 15 is 0 Å². The van der Waals surface area contributed by atoms with E-state index < -0.39 is 26.1 Å². The Hall–Kier alpha value is -1.53. The molecular weight excluding hydrogens is 296 g/mol. The fraction of sp³-hybridized carbons (Fsp3) is 0.500. The Morgan fingerprint density at radius 1 is 1.48 bits per heavy atom. The van der Waals surface area contributed by atoms with Crippen LogP contribution in [0.15, 0.2) is 23.8 Å². The molecule has 21 heavy (non-hydrogen) atoms. The molecule has 1 amide bonds. The molecule has 0 fully saturated rings. The second-order valence-electron chi connectivity index (χ2n) is 4.49. The van der Waals surface area contributed by atoms with E-state index in [1.165, 1.54) is 8.05 Å². The van der Waals surface area contributed by atoms with Crippen molar-refractivity contribution in [2.75, 3.05) is 12.8 Å². The molecule has 0 aromatic heterocycles. The fourth-order valence-corrected chi connectivity index (χ4v) is 2.30. The van der Waals surface area contributed by atoms with Crippen molar-refractivity contribution < 1.29 is 28.4 Å². The van der Waals surface area contributed by atoms with Gasteiger partial charge in [0.25, 0.3) is 0 Å². The maximum atomic E-state index is 11.6. The minimum absolute atomic E-state index is 0.0265. The number of carbonyl (C=O) groups is 2. The lowest BCUT2D eigenvalue weighted by molar-refractivity contribution is -0.136. The first kappa shape index (κ1) is 17.5. The van der Waals surface area contributed by atoms with E-state index in [0.717, 1.165) is 18.4 Å². The Balaban J connectivity index is 2.43. The number of ether oxygens (including phenoxy) is 1. The normalized spacial score (nSPS) is 16.5. The first-order valence-electron chi connectivity index (χ1n) is 6.61. The van der Waals surface area contributed by atoms with Crippen LogP contribution >= 0.6 is 8.03 Å². The smallest absolute Gasteiger partial charge is 0.408 e. The molecule has 2 atom stereocenters. The summed E-state index contributed by atoms with van der Waals surface area (Å²) in [5, 5.41) is 2.34. The summed E-state index contributed by atoms with van der Waals surface area (Å²) < 4.78 is 20.2. The monoisotopic (exact) mass is 315 g/mol. The lowest BCUT2D eigenvalue weighted by atomic mass is 10.1. The number of nitrogens with one attached hydrogen (secondary N) is 1. The van der Waals surface area contributed by atoms with Crippen LogP contribution in [0.1, 0.15) is 19.3 Å². The van der Waals surface area contributed by atoms with Crippen molar-refractivity contribution in [2.24, 2.45) is 0 Å². The predicted molar refractivity (Wildman–Crippen MR) is 80.1 cm³/mol. The van der Waals surface area contributed by atoms with Gasteiger partial charge in [0, 0.05) is 6.16 Å². The zero-order valence-electron chi connectivity index (χ0n) is 11.8. The summed E-state index contributed by atoms with van der Waals surface area (Å²) in [6.07, 6.45) is 6.93. The van der Waals surface area contributed by atoms with E-state index in [1.807, 2.05) is 18.2 Å². The van der Waals surface area contributed by atoms with Gasteiger partial charge in [0.2, 0.25) is 0 Å². The van der Waals surface area contributed by atoms with Gasteiger partial charge >= 0.3 is 20.1 Å². The minimum Gasteiger partial charge on any atom is -0.542 e. The van der Waals surface area contributed by atoms with Gasteiger partial charge in [-0.2, -0.15) is 0 Å². The molecule has 9 heteroatoms. The predicted octanol–water partition coefficient (Wildman–Crippen LogP) is 0.306. The van der Waals surface area contributed by atoms with E-state index in [9.17, 15) is 14.2 Å². The molecule has 1 aliphatic carbocycles. The van der Waals surface area contributed by atoms with E-state index in [1.54, 1.807) is 0 Å². The highest BCUT2D eigenvalue weighted by Gasteiger charge is 2.22. The standard InChI is InChI=1S/C12H19BNO6P/c13-20-11(15)10(6-7-21(17)18)14-12(16)19-8-9-4-2-1-3-5-9/h2,4-5,10,21H,1,3,6-8,13H2,(H,14,16)(H,17,18)/t10-/m0/s1. The number of hydrogen-bond donors (Lipinski definition) is 2. The summed E-state index contributed by atoms with van der Waals surface area (Å²) >= 11 is 0. The second-order valence-corrected chi connectivity index (χ2v) is 5.77. The third kappa shape index (κ3) is 7.15. The molecule has 0 radical (unpaired) electrons. The quantitative estimate of drug-likeness (QED) is 0.518. The second kappa shape index (κ2) is 9.42. The highest BCUT2D eigenvalue weighted by atomic mass is 31.1. The van der Waals surface area contributed by atoms with E-state index in [4.69, 9.17) is 9.63 Å². The van der Waals surface area contributed by atoms with Crippen LogP contribution in [0.3, 0.4) is 0 Å². The molecule has 1 unspecified atom stereocenters. The summed E-state index contributed by atoms with van der Waals surface area (Å²) in [6, 6.07) is -0.987. The number of allylic oxidation sites excluding steroid dienone is 2. The first-order chi connectivity index (χ1) is 10.0. The average molecular weight is 315 g/mol. The summed E-state index contributed by atoms with van der Waals surface area (Å²) in [6.45, 7) is 0.118. The Kier molecular flexibility index (Phi) is 7.86. The highest BCUT2D eigenvalue weighted by molar-refractivity contribution is 7.37. The zero-order valence-corrected chi connectivity index (χ0v) is 12.8. The zero-order chi connectivity index (χ0) is 15.7. The molecule has 0 aromatic rings.